The monoisotopic (exact) mass is 421 g/mol. The highest BCUT2D eigenvalue weighted by molar-refractivity contribution is 6.31. The first-order chi connectivity index (χ1) is 14.5. The van der Waals surface area contributed by atoms with Crippen LogP contribution >= 0.6 is 11.6 Å². The number of hydrogen-bond donors (Lipinski definition) is 2. The number of carbonyl (C=O) groups is 2. The van der Waals surface area contributed by atoms with E-state index in [0.717, 1.165) is 31.2 Å². The van der Waals surface area contributed by atoms with Crippen LogP contribution in [-0.2, 0) is 0 Å². The van der Waals surface area contributed by atoms with Crippen molar-refractivity contribution in [2.75, 3.05) is 5.32 Å². The molecule has 0 bridgehead atoms. The molecule has 2 amide bonds. The fourth-order valence-electron chi connectivity index (χ4n) is 3.92. The molecule has 30 heavy (non-hydrogen) atoms. The Kier molecular flexibility index (Phi) is 6.00. The molecule has 2 N–H and O–H groups in total. The molecular weight excluding hydrogens is 398 g/mol. The van der Waals surface area contributed by atoms with E-state index in [1.165, 1.54) is 12.6 Å². The second-order valence-electron chi connectivity index (χ2n) is 7.79. The van der Waals surface area contributed by atoms with E-state index >= 15 is 0 Å². The minimum Gasteiger partial charge on any atom is -0.348 e. The van der Waals surface area contributed by atoms with Crippen LogP contribution in [0, 0.1) is 6.92 Å². The van der Waals surface area contributed by atoms with Gasteiger partial charge in [-0.25, -0.2) is 4.98 Å². The number of nitrogens with one attached hydrogen (secondary N) is 2. The predicted molar refractivity (Wildman–Crippen MR) is 120 cm³/mol. The minimum atomic E-state index is -0.294. The molecule has 0 aliphatic heterocycles. The third-order valence-electron chi connectivity index (χ3n) is 5.62. The number of nitrogens with zero attached hydrogens (tertiary/aromatic N) is 1. The molecule has 1 aliphatic rings. The summed E-state index contributed by atoms with van der Waals surface area (Å²) in [5, 5.41) is 7.93. The zero-order valence-electron chi connectivity index (χ0n) is 16.9. The van der Waals surface area contributed by atoms with Gasteiger partial charge in [0, 0.05) is 28.3 Å². The van der Waals surface area contributed by atoms with Gasteiger partial charge < -0.3 is 10.6 Å². The maximum Gasteiger partial charge on any atom is 0.270 e. The zero-order chi connectivity index (χ0) is 21.1. The molecule has 2 aromatic carbocycles. The Bertz CT molecular complexity index is 1110. The average molecular weight is 422 g/mol. The second kappa shape index (κ2) is 8.84. The number of aromatic nitrogens is 1. The lowest BCUT2D eigenvalue weighted by molar-refractivity contribution is 0.0923. The fraction of sp³-hybridized carbons (Fsp3) is 0.292. The van der Waals surface area contributed by atoms with Crippen molar-refractivity contribution < 1.29 is 9.59 Å². The van der Waals surface area contributed by atoms with E-state index in [1.807, 2.05) is 37.3 Å². The van der Waals surface area contributed by atoms with E-state index in [2.05, 4.69) is 15.6 Å². The van der Waals surface area contributed by atoms with Crippen molar-refractivity contribution in [1.29, 1.82) is 0 Å². The lowest BCUT2D eigenvalue weighted by Gasteiger charge is -2.22. The maximum atomic E-state index is 12.9. The van der Waals surface area contributed by atoms with Gasteiger partial charge in [-0.2, -0.15) is 0 Å². The molecule has 1 aromatic heterocycles. The van der Waals surface area contributed by atoms with Gasteiger partial charge in [0.15, 0.2) is 0 Å². The normalized spacial score (nSPS) is 14.5. The number of fused-ring (bicyclic) bond motifs is 1. The largest absolute Gasteiger partial charge is 0.348 e. The topological polar surface area (TPSA) is 71.1 Å². The molecule has 0 saturated heterocycles. The molecule has 0 radical (unpaired) electrons. The smallest absolute Gasteiger partial charge is 0.270 e. The van der Waals surface area contributed by atoms with Crippen LogP contribution in [0.5, 0.6) is 0 Å². The van der Waals surface area contributed by atoms with Gasteiger partial charge in [-0.15, -0.1) is 0 Å². The standard InChI is InChI=1S/C24H24ClN3O2/c1-15-11-12-17(13-21(15)25)28-23(29)20-14-26-22(19-10-6-5-9-18(19)20)24(30)27-16-7-3-2-4-8-16/h5-6,9-14,16H,2-4,7-8H2,1H3,(H,27,30)(H,28,29). The van der Waals surface area contributed by atoms with Crippen LogP contribution in [-0.4, -0.2) is 22.8 Å². The van der Waals surface area contributed by atoms with Crippen LogP contribution in [0.2, 0.25) is 5.02 Å². The molecule has 1 fully saturated rings. The van der Waals surface area contributed by atoms with Crippen molar-refractivity contribution in [3.05, 3.63) is 70.5 Å². The Morgan fingerprint density at radius 3 is 2.47 bits per heavy atom. The molecule has 3 aromatic rings. The maximum absolute atomic E-state index is 12.9. The molecular formula is C24H24ClN3O2. The molecule has 5 nitrogen and oxygen atoms in total. The third-order valence-corrected chi connectivity index (χ3v) is 6.03. The number of carbonyl (C=O) groups excluding carboxylic acids is 2. The number of hydrogen-bond acceptors (Lipinski definition) is 3. The van der Waals surface area contributed by atoms with E-state index in [9.17, 15) is 9.59 Å². The summed E-state index contributed by atoms with van der Waals surface area (Å²) in [4.78, 5) is 30.2. The van der Waals surface area contributed by atoms with Crippen LogP contribution < -0.4 is 10.6 Å². The number of halogens is 1. The third kappa shape index (κ3) is 4.31. The molecule has 0 unspecified atom stereocenters. The second-order valence-corrected chi connectivity index (χ2v) is 8.20. The Morgan fingerprint density at radius 1 is 1.00 bits per heavy atom. The van der Waals surface area contributed by atoms with E-state index < -0.39 is 0 Å². The van der Waals surface area contributed by atoms with Gasteiger partial charge in [0.2, 0.25) is 0 Å². The van der Waals surface area contributed by atoms with Crippen molar-refractivity contribution >= 4 is 39.9 Å². The SMILES string of the molecule is Cc1ccc(NC(=O)c2cnc(C(=O)NC3CCCCC3)c3ccccc23)cc1Cl. The van der Waals surface area contributed by atoms with Crippen molar-refractivity contribution in [2.45, 2.75) is 45.1 Å². The first-order valence-corrected chi connectivity index (χ1v) is 10.7. The van der Waals surface area contributed by atoms with Crippen LogP contribution in [0.4, 0.5) is 5.69 Å². The quantitative estimate of drug-likeness (QED) is 0.583. The van der Waals surface area contributed by atoms with Gasteiger partial charge in [-0.05, 0) is 42.8 Å². The number of amides is 2. The van der Waals surface area contributed by atoms with Gasteiger partial charge in [-0.3, -0.25) is 9.59 Å². The summed E-state index contributed by atoms with van der Waals surface area (Å²) >= 11 is 6.17. The molecule has 0 spiro atoms. The van der Waals surface area contributed by atoms with Crippen LogP contribution in [0.1, 0.15) is 58.5 Å². The molecule has 0 atom stereocenters. The van der Waals surface area contributed by atoms with E-state index in [1.54, 1.807) is 12.1 Å². The molecule has 154 valence electrons. The Balaban J connectivity index is 1.62. The highest BCUT2D eigenvalue weighted by atomic mass is 35.5. The molecule has 1 aliphatic carbocycles. The fourth-order valence-corrected chi connectivity index (χ4v) is 4.10. The first kappa shape index (κ1) is 20.4. The summed E-state index contributed by atoms with van der Waals surface area (Å²) in [6.45, 7) is 1.91. The predicted octanol–water partition coefficient (Wildman–Crippen LogP) is 5.51. The van der Waals surface area contributed by atoms with Crippen molar-refractivity contribution in [3.8, 4) is 0 Å². The first-order valence-electron chi connectivity index (χ1n) is 10.3. The van der Waals surface area contributed by atoms with Crippen LogP contribution in [0.3, 0.4) is 0 Å². The molecule has 6 heteroatoms. The Hall–Kier alpha value is -2.92. The van der Waals surface area contributed by atoms with Gasteiger partial charge in [0.05, 0.1) is 5.56 Å². The lowest BCUT2D eigenvalue weighted by Crippen LogP contribution is -2.36. The summed E-state index contributed by atoms with van der Waals surface area (Å²) in [6, 6.07) is 12.9. The zero-order valence-corrected chi connectivity index (χ0v) is 17.6. The molecule has 4 rings (SSSR count). The minimum absolute atomic E-state index is 0.185. The number of anilines is 1. The van der Waals surface area contributed by atoms with Crippen LogP contribution in [0.25, 0.3) is 10.8 Å². The number of aryl methyl sites for hydroxylation is 1. The van der Waals surface area contributed by atoms with E-state index in [-0.39, 0.29) is 17.9 Å². The van der Waals surface area contributed by atoms with E-state index in [0.29, 0.717) is 32.7 Å². The van der Waals surface area contributed by atoms with Gasteiger partial charge in [-0.1, -0.05) is 61.2 Å². The number of rotatable bonds is 4. The van der Waals surface area contributed by atoms with Crippen molar-refractivity contribution in [3.63, 3.8) is 0 Å². The van der Waals surface area contributed by atoms with Crippen molar-refractivity contribution in [2.24, 2.45) is 0 Å². The molecule has 1 heterocycles. The highest BCUT2D eigenvalue weighted by Crippen LogP contribution is 2.25. The van der Waals surface area contributed by atoms with Crippen molar-refractivity contribution in [1.82, 2.24) is 10.3 Å². The summed E-state index contributed by atoms with van der Waals surface area (Å²) in [5.74, 6) is -0.478. The number of benzene rings is 2. The lowest BCUT2D eigenvalue weighted by atomic mass is 9.95. The summed E-state index contributed by atoms with van der Waals surface area (Å²) < 4.78 is 0. The van der Waals surface area contributed by atoms with E-state index in [4.69, 9.17) is 11.6 Å². The summed E-state index contributed by atoms with van der Waals surface area (Å²) in [6.07, 6.45) is 6.99. The van der Waals surface area contributed by atoms with Gasteiger partial charge in [0.1, 0.15) is 5.69 Å². The molecule has 1 saturated carbocycles. The Labute approximate surface area is 180 Å². The van der Waals surface area contributed by atoms with Crippen LogP contribution in [0.15, 0.2) is 48.7 Å². The highest BCUT2D eigenvalue weighted by Gasteiger charge is 2.21. The van der Waals surface area contributed by atoms with Gasteiger partial charge >= 0.3 is 0 Å². The van der Waals surface area contributed by atoms with Gasteiger partial charge in [0.25, 0.3) is 11.8 Å². The average Bonchev–Trinajstić information content (AvgIpc) is 2.76. The Morgan fingerprint density at radius 2 is 1.73 bits per heavy atom. The summed E-state index contributed by atoms with van der Waals surface area (Å²) in [7, 11) is 0. The summed E-state index contributed by atoms with van der Waals surface area (Å²) in [5.41, 5.74) is 2.32. The number of pyridine rings is 1.